The number of ether oxygens (including phenoxy) is 2. The van der Waals surface area contributed by atoms with E-state index in [1.54, 1.807) is 6.92 Å². The number of hydrogen-bond acceptors (Lipinski definition) is 6. The highest BCUT2D eigenvalue weighted by atomic mass is 16.6. The third-order valence-electron chi connectivity index (χ3n) is 6.06. The molecule has 2 bridgehead atoms. The van der Waals surface area contributed by atoms with Crippen LogP contribution in [0.15, 0.2) is 0 Å². The van der Waals surface area contributed by atoms with Crippen molar-refractivity contribution < 1.29 is 29.0 Å². The van der Waals surface area contributed by atoms with E-state index in [2.05, 4.69) is 5.32 Å². The van der Waals surface area contributed by atoms with Gasteiger partial charge in [0.25, 0.3) is 0 Å². The number of fused-ring (bicyclic) bond motifs is 1. The van der Waals surface area contributed by atoms with Gasteiger partial charge >= 0.3 is 5.97 Å². The topological polar surface area (TPSA) is 105 Å². The lowest BCUT2D eigenvalue weighted by molar-refractivity contribution is -0.154. The van der Waals surface area contributed by atoms with Crippen molar-refractivity contribution in [1.82, 2.24) is 10.2 Å². The van der Waals surface area contributed by atoms with Crippen molar-refractivity contribution in [3.63, 3.8) is 0 Å². The summed E-state index contributed by atoms with van der Waals surface area (Å²) in [4.78, 5) is 40.2. The van der Waals surface area contributed by atoms with Crippen LogP contribution < -0.4 is 5.32 Å². The third-order valence-corrected chi connectivity index (χ3v) is 6.06. The molecule has 152 valence electrons. The van der Waals surface area contributed by atoms with E-state index in [1.165, 1.54) is 4.90 Å². The number of amides is 2. The van der Waals surface area contributed by atoms with Crippen LogP contribution in [-0.4, -0.2) is 71.3 Å². The summed E-state index contributed by atoms with van der Waals surface area (Å²) in [5, 5.41) is 12.4. The lowest BCUT2D eigenvalue weighted by atomic mass is 9.70. The second-order valence-corrected chi connectivity index (χ2v) is 7.76. The zero-order valence-electron chi connectivity index (χ0n) is 16.3. The number of carbonyl (C=O) groups excluding carboxylic acids is 3. The van der Waals surface area contributed by atoms with Gasteiger partial charge < -0.3 is 24.8 Å². The number of nitrogens with zero attached hydrogens (tertiary/aromatic N) is 1. The second kappa shape index (κ2) is 7.75. The Morgan fingerprint density at radius 3 is 2.81 bits per heavy atom. The van der Waals surface area contributed by atoms with Crippen molar-refractivity contribution in [1.29, 1.82) is 0 Å². The largest absolute Gasteiger partial charge is 0.466 e. The van der Waals surface area contributed by atoms with Crippen LogP contribution in [0.4, 0.5) is 0 Å². The lowest BCUT2D eigenvalue weighted by Gasteiger charge is -2.34. The normalized spacial score (nSPS) is 35.3. The Morgan fingerprint density at radius 1 is 1.44 bits per heavy atom. The average molecular weight is 382 g/mol. The fraction of sp³-hybridized carbons (Fsp3) is 0.842. The quantitative estimate of drug-likeness (QED) is 0.582. The van der Waals surface area contributed by atoms with Gasteiger partial charge in [-0.15, -0.1) is 0 Å². The summed E-state index contributed by atoms with van der Waals surface area (Å²) in [5.74, 6) is -2.41. The van der Waals surface area contributed by atoms with Crippen molar-refractivity contribution in [2.45, 2.75) is 70.2 Å². The summed E-state index contributed by atoms with van der Waals surface area (Å²) in [6, 6.07) is -0.852. The Bertz CT molecular complexity index is 611. The second-order valence-electron chi connectivity index (χ2n) is 7.76. The first kappa shape index (κ1) is 20.1. The van der Waals surface area contributed by atoms with Crippen LogP contribution in [0, 0.1) is 11.8 Å². The maximum Gasteiger partial charge on any atom is 0.312 e. The third kappa shape index (κ3) is 3.12. The van der Waals surface area contributed by atoms with Gasteiger partial charge in [0.2, 0.25) is 11.8 Å². The molecule has 27 heavy (non-hydrogen) atoms. The molecule has 1 spiro atoms. The van der Waals surface area contributed by atoms with Gasteiger partial charge in [0.15, 0.2) is 0 Å². The SMILES string of the molecule is CCCC(C)NC(=O)C1N(CCO)C(=O)[C@@H]2[C@@H](C(=O)OCC)[C@H]3CCC12O3. The minimum absolute atomic E-state index is 0.0246. The Morgan fingerprint density at radius 2 is 2.19 bits per heavy atom. The van der Waals surface area contributed by atoms with Gasteiger partial charge in [-0.3, -0.25) is 14.4 Å². The zero-order chi connectivity index (χ0) is 19.8. The highest BCUT2D eigenvalue weighted by molar-refractivity contribution is 5.98. The van der Waals surface area contributed by atoms with Crippen LogP contribution in [0.5, 0.6) is 0 Å². The molecule has 0 radical (unpaired) electrons. The minimum atomic E-state index is -1.01. The number of aliphatic hydroxyl groups excluding tert-OH is 1. The molecule has 2 N–H and O–H groups in total. The number of esters is 1. The van der Waals surface area contributed by atoms with Crippen molar-refractivity contribution in [3.05, 3.63) is 0 Å². The summed E-state index contributed by atoms with van der Waals surface area (Å²) in [6.07, 6.45) is 2.54. The molecule has 3 rings (SSSR count). The van der Waals surface area contributed by atoms with E-state index in [0.717, 1.165) is 12.8 Å². The monoisotopic (exact) mass is 382 g/mol. The summed E-state index contributed by atoms with van der Waals surface area (Å²) >= 11 is 0. The van der Waals surface area contributed by atoms with Gasteiger partial charge in [0.1, 0.15) is 11.6 Å². The molecule has 0 aromatic heterocycles. The molecule has 3 heterocycles. The number of aliphatic hydroxyl groups is 1. The first-order chi connectivity index (χ1) is 12.9. The Kier molecular flexibility index (Phi) is 5.76. The molecular formula is C19H30N2O6. The fourth-order valence-electron chi connectivity index (χ4n) is 5.14. The Hall–Kier alpha value is -1.67. The molecule has 8 heteroatoms. The number of rotatable bonds is 8. The van der Waals surface area contributed by atoms with Crippen LogP contribution in [0.1, 0.15) is 46.5 Å². The van der Waals surface area contributed by atoms with E-state index in [0.29, 0.717) is 12.8 Å². The molecule has 8 nitrogen and oxygen atoms in total. The van der Waals surface area contributed by atoms with Gasteiger partial charge in [-0.25, -0.2) is 0 Å². The van der Waals surface area contributed by atoms with Crippen molar-refractivity contribution in [2.75, 3.05) is 19.8 Å². The van der Waals surface area contributed by atoms with Crippen molar-refractivity contribution in [3.8, 4) is 0 Å². The average Bonchev–Trinajstić information content (AvgIpc) is 3.24. The molecule has 3 fully saturated rings. The summed E-state index contributed by atoms with van der Waals surface area (Å²) in [5.41, 5.74) is -1.01. The molecular weight excluding hydrogens is 352 g/mol. The molecule has 0 aliphatic carbocycles. The number of likely N-dealkylation sites (tertiary alicyclic amines) is 1. The van der Waals surface area contributed by atoms with Crippen LogP contribution in [0.25, 0.3) is 0 Å². The predicted octanol–water partition coefficient (Wildman–Crippen LogP) is 0.221. The first-order valence-electron chi connectivity index (χ1n) is 9.97. The van der Waals surface area contributed by atoms with Gasteiger partial charge in [-0.05, 0) is 33.1 Å². The van der Waals surface area contributed by atoms with Crippen LogP contribution in [0.3, 0.4) is 0 Å². The number of nitrogens with one attached hydrogen (secondary N) is 1. The van der Waals surface area contributed by atoms with Crippen LogP contribution in [-0.2, 0) is 23.9 Å². The van der Waals surface area contributed by atoms with Crippen LogP contribution in [0.2, 0.25) is 0 Å². The van der Waals surface area contributed by atoms with Crippen molar-refractivity contribution in [2.24, 2.45) is 11.8 Å². The smallest absolute Gasteiger partial charge is 0.312 e. The Balaban J connectivity index is 1.92. The molecule has 3 saturated heterocycles. The van der Waals surface area contributed by atoms with Crippen molar-refractivity contribution >= 4 is 17.8 Å². The van der Waals surface area contributed by atoms with E-state index < -0.39 is 35.6 Å². The van der Waals surface area contributed by atoms with E-state index >= 15 is 0 Å². The molecule has 0 aromatic carbocycles. The number of β-amino-alcohol motifs (C(OH)–C–C–N with tert-alkyl or cyclic N) is 1. The lowest BCUT2D eigenvalue weighted by Crippen LogP contribution is -2.56. The molecule has 2 amide bonds. The van der Waals surface area contributed by atoms with Gasteiger partial charge in [0.05, 0.1) is 31.2 Å². The maximum absolute atomic E-state index is 13.2. The van der Waals surface area contributed by atoms with E-state index in [-0.39, 0.29) is 37.6 Å². The summed E-state index contributed by atoms with van der Waals surface area (Å²) < 4.78 is 11.4. The van der Waals surface area contributed by atoms with E-state index in [4.69, 9.17) is 9.47 Å². The van der Waals surface area contributed by atoms with E-state index in [1.807, 2.05) is 13.8 Å². The summed E-state index contributed by atoms with van der Waals surface area (Å²) in [6.45, 7) is 5.71. The molecule has 3 aliphatic rings. The van der Waals surface area contributed by atoms with Gasteiger partial charge in [-0.1, -0.05) is 13.3 Å². The number of hydrogen-bond donors (Lipinski definition) is 2. The first-order valence-corrected chi connectivity index (χ1v) is 9.97. The Labute approximate surface area is 159 Å². The fourth-order valence-corrected chi connectivity index (χ4v) is 5.14. The number of carbonyl (C=O) groups is 3. The molecule has 6 atom stereocenters. The van der Waals surface area contributed by atoms with Gasteiger partial charge in [-0.2, -0.15) is 0 Å². The highest BCUT2D eigenvalue weighted by Gasteiger charge is 2.74. The minimum Gasteiger partial charge on any atom is -0.466 e. The zero-order valence-corrected chi connectivity index (χ0v) is 16.3. The standard InChI is InChI=1S/C19H30N2O6/c1-4-6-11(3)20-16(23)15-19-8-7-12(27-19)13(18(25)26-5-2)14(19)17(24)21(15)9-10-22/h11-15,22H,4-10H2,1-3H3,(H,20,23)/t11?,12-,13+,14+,15?,19?/m1/s1. The van der Waals surface area contributed by atoms with Gasteiger partial charge in [0, 0.05) is 12.6 Å². The molecule has 3 unspecified atom stereocenters. The molecule has 3 aliphatic heterocycles. The predicted molar refractivity (Wildman–Crippen MR) is 95.6 cm³/mol. The molecule has 0 saturated carbocycles. The maximum atomic E-state index is 13.2. The highest BCUT2D eigenvalue weighted by Crippen LogP contribution is 2.58. The van der Waals surface area contributed by atoms with E-state index in [9.17, 15) is 19.5 Å². The van der Waals surface area contributed by atoms with Crippen LogP contribution >= 0.6 is 0 Å². The summed E-state index contributed by atoms with van der Waals surface area (Å²) in [7, 11) is 0. The molecule has 0 aromatic rings.